The zero-order chi connectivity index (χ0) is 19.8. The summed E-state index contributed by atoms with van der Waals surface area (Å²) in [7, 11) is 0. The van der Waals surface area contributed by atoms with E-state index in [0.717, 1.165) is 5.56 Å². The maximum Gasteiger partial charge on any atom is 0.251 e. The van der Waals surface area contributed by atoms with E-state index in [9.17, 15) is 4.79 Å². The van der Waals surface area contributed by atoms with Gasteiger partial charge in [-0.1, -0.05) is 59.8 Å². The molecule has 146 valence electrons. The Kier molecular flexibility index (Phi) is 4.37. The zero-order valence-corrected chi connectivity index (χ0v) is 16.0. The highest BCUT2D eigenvalue weighted by atomic mass is 16.5. The number of nitrogens with one attached hydrogen (secondary N) is 1. The van der Waals surface area contributed by atoms with Gasteiger partial charge in [-0.3, -0.25) is 4.79 Å². The Morgan fingerprint density at radius 2 is 1.90 bits per heavy atom. The number of amides is 1. The number of fused-ring (bicyclic) bond motifs is 1. The molecule has 2 aliphatic heterocycles. The first kappa shape index (κ1) is 17.6. The van der Waals surface area contributed by atoms with Crippen LogP contribution in [0.1, 0.15) is 29.5 Å². The summed E-state index contributed by atoms with van der Waals surface area (Å²) < 4.78 is 5.37. The molecule has 0 spiro atoms. The molecular weight excluding hydrogens is 366 g/mol. The SMILES string of the molecule is Cc1ccccc1C1CC2C(=O)N(Cc3nc(-c4ccccc4)no3)C=CN2N1. The average Bonchev–Trinajstić information content (AvgIpc) is 3.39. The lowest BCUT2D eigenvalue weighted by molar-refractivity contribution is -0.135. The predicted molar refractivity (Wildman–Crippen MR) is 107 cm³/mol. The number of hydrogen-bond donors (Lipinski definition) is 1. The van der Waals surface area contributed by atoms with Crippen molar-refractivity contribution in [1.82, 2.24) is 25.5 Å². The van der Waals surface area contributed by atoms with Gasteiger partial charge in [-0.25, -0.2) is 5.43 Å². The van der Waals surface area contributed by atoms with Gasteiger partial charge < -0.3 is 14.4 Å². The van der Waals surface area contributed by atoms with Crippen LogP contribution in [0.2, 0.25) is 0 Å². The Hall–Kier alpha value is -3.45. The summed E-state index contributed by atoms with van der Waals surface area (Å²) in [4.78, 5) is 19.1. The average molecular weight is 387 g/mol. The summed E-state index contributed by atoms with van der Waals surface area (Å²) in [5, 5.41) is 5.94. The smallest absolute Gasteiger partial charge is 0.251 e. The van der Waals surface area contributed by atoms with Crippen molar-refractivity contribution < 1.29 is 9.32 Å². The Morgan fingerprint density at radius 1 is 1.10 bits per heavy atom. The summed E-state index contributed by atoms with van der Waals surface area (Å²) in [5.41, 5.74) is 6.76. The van der Waals surface area contributed by atoms with E-state index in [1.165, 1.54) is 11.1 Å². The minimum absolute atomic E-state index is 0.0237. The van der Waals surface area contributed by atoms with Crippen molar-refractivity contribution in [2.75, 3.05) is 0 Å². The molecule has 2 atom stereocenters. The molecule has 0 bridgehead atoms. The first-order valence-corrected chi connectivity index (χ1v) is 9.66. The number of aryl methyl sites for hydroxylation is 1. The van der Waals surface area contributed by atoms with Gasteiger partial charge >= 0.3 is 0 Å². The second kappa shape index (κ2) is 7.18. The molecule has 1 N–H and O–H groups in total. The van der Waals surface area contributed by atoms with Crippen LogP contribution in [-0.4, -0.2) is 32.0 Å². The molecule has 7 heteroatoms. The molecule has 1 saturated heterocycles. The molecule has 7 nitrogen and oxygen atoms in total. The van der Waals surface area contributed by atoms with Gasteiger partial charge in [0.1, 0.15) is 12.6 Å². The molecule has 0 radical (unpaired) electrons. The van der Waals surface area contributed by atoms with Crippen LogP contribution in [0.5, 0.6) is 0 Å². The van der Waals surface area contributed by atoms with E-state index >= 15 is 0 Å². The molecule has 29 heavy (non-hydrogen) atoms. The molecule has 3 heterocycles. The number of carbonyl (C=O) groups is 1. The quantitative estimate of drug-likeness (QED) is 0.741. The van der Waals surface area contributed by atoms with Gasteiger partial charge in [0, 0.05) is 18.0 Å². The summed E-state index contributed by atoms with van der Waals surface area (Å²) in [6.07, 6.45) is 4.38. The standard InChI is InChI=1S/C22H21N5O2/c1-15-7-5-6-10-17(15)18-13-19-22(28)26(11-12-27(19)24-18)14-20-23-21(25-29-20)16-8-3-2-4-9-16/h2-12,18-19,24H,13-14H2,1H3. The monoisotopic (exact) mass is 387 g/mol. The van der Waals surface area contributed by atoms with Crippen LogP contribution in [-0.2, 0) is 11.3 Å². The van der Waals surface area contributed by atoms with E-state index in [2.05, 4.69) is 34.6 Å². The van der Waals surface area contributed by atoms with Crippen LogP contribution in [0.4, 0.5) is 0 Å². The van der Waals surface area contributed by atoms with Crippen molar-refractivity contribution in [3.05, 3.63) is 84.0 Å². The van der Waals surface area contributed by atoms with E-state index in [0.29, 0.717) is 18.1 Å². The largest absolute Gasteiger partial charge is 0.337 e. The maximum atomic E-state index is 13.1. The maximum absolute atomic E-state index is 13.1. The van der Waals surface area contributed by atoms with Crippen LogP contribution in [0, 0.1) is 6.92 Å². The van der Waals surface area contributed by atoms with Crippen molar-refractivity contribution in [3.63, 3.8) is 0 Å². The summed E-state index contributed by atoms with van der Waals surface area (Å²) in [5.74, 6) is 0.963. The highest BCUT2D eigenvalue weighted by Crippen LogP contribution is 2.32. The van der Waals surface area contributed by atoms with E-state index in [-0.39, 0.29) is 24.5 Å². The third-order valence-electron chi connectivity index (χ3n) is 5.44. The third kappa shape index (κ3) is 3.30. The van der Waals surface area contributed by atoms with Crippen molar-refractivity contribution in [2.45, 2.75) is 32.0 Å². The fourth-order valence-electron chi connectivity index (χ4n) is 3.92. The molecule has 3 aromatic rings. The van der Waals surface area contributed by atoms with Crippen LogP contribution < -0.4 is 5.43 Å². The Morgan fingerprint density at radius 3 is 2.72 bits per heavy atom. The predicted octanol–water partition coefficient (Wildman–Crippen LogP) is 3.18. The number of nitrogens with zero attached hydrogens (tertiary/aromatic N) is 4. The fourth-order valence-corrected chi connectivity index (χ4v) is 3.92. The Bertz CT molecular complexity index is 1060. The lowest BCUT2D eigenvalue weighted by Gasteiger charge is -2.30. The first-order valence-electron chi connectivity index (χ1n) is 9.66. The molecule has 0 saturated carbocycles. The molecule has 0 aliphatic carbocycles. The molecule has 2 aromatic carbocycles. The van der Waals surface area contributed by atoms with E-state index < -0.39 is 0 Å². The molecule has 2 unspecified atom stereocenters. The van der Waals surface area contributed by atoms with E-state index in [1.54, 1.807) is 11.1 Å². The number of rotatable bonds is 4. The number of carbonyl (C=O) groups excluding carboxylic acids is 1. The fraction of sp³-hybridized carbons (Fsp3) is 0.227. The van der Waals surface area contributed by atoms with Gasteiger partial charge in [0.15, 0.2) is 0 Å². The molecule has 5 rings (SSSR count). The lowest BCUT2D eigenvalue weighted by atomic mass is 9.97. The Labute approximate surface area is 168 Å². The molecule has 2 aliphatic rings. The summed E-state index contributed by atoms with van der Waals surface area (Å²) >= 11 is 0. The molecule has 1 fully saturated rings. The van der Waals surface area contributed by atoms with Crippen molar-refractivity contribution >= 4 is 5.91 Å². The van der Waals surface area contributed by atoms with Crippen LogP contribution in [0.25, 0.3) is 11.4 Å². The van der Waals surface area contributed by atoms with Crippen molar-refractivity contribution in [2.24, 2.45) is 0 Å². The lowest BCUT2D eigenvalue weighted by Crippen LogP contribution is -2.47. The molecular formula is C22H21N5O2. The Balaban J connectivity index is 1.30. The molecule has 1 amide bonds. The topological polar surface area (TPSA) is 74.5 Å². The van der Waals surface area contributed by atoms with Crippen molar-refractivity contribution in [3.8, 4) is 11.4 Å². The number of hydrazine groups is 1. The minimum atomic E-state index is -0.249. The van der Waals surface area contributed by atoms with Crippen LogP contribution >= 0.6 is 0 Å². The highest BCUT2D eigenvalue weighted by molar-refractivity contribution is 5.84. The first-order chi connectivity index (χ1) is 14.2. The van der Waals surface area contributed by atoms with Gasteiger partial charge in [0.05, 0.1) is 6.04 Å². The number of hydrogen-bond acceptors (Lipinski definition) is 6. The van der Waals surface area contributed by atoms with Crippen molar-refractivity contribution in [1.29, 1.82) is 0 Å². The zero-order valence-electron chi connectivity index (χ0n) is 16.0. The minimum Gasteiger partial charge on any atom is -0.337 e. The second-order valence-electron chi connectivity index (χ2n) is 7.34. The van der Waals surface area contributed by atoms with Gasteiger partial charge in [0.25, 0.3) is 5.91 Å². The molecule has 1 aromatic heterocycles. The van der Waals surface area contributed by atoms with Crippen LogP contribution in [0.15, 0.2) is 71.5 Å². The normalized spacial score (nSPS) is 20.9. The highest BCUT2D eigenvalue weighted by Gasteiger charge is 2.40. The van der Waals surface area contributed by atoms with Gasteiger partial charge in [-0.05, 0) is 24.5 Å². The number of benzene rings is 2. The van der Waals surface area contributed by atoms with E-state index in [4.69, 9.17) is 4.52 Å². The third-order valence-corrected chi connectivity index (χ3v) is 5.44. The van der Waals surface area contributed by atoms with Gasteiger partial charge in [0.2, 0.25) is 11.7 Å². The van der Waals surface area contributed by atoms with E-state index in [1.807, 2.05) is 53.7 Å². The summed E-state index contributed by atoms with van der Waals surface area (Å²) in [6.45, 7) is 2.35. The van der Waals surface area contributed by atoms with Gasteiger partial charge in [-0.15, -0.1) is 0 Å². The summed E-state index contributed by atoms with van der Waals surface area (Å²) in [6, 6.07) is 17.8. The van der Waals surface area contributed by atoms with Crippen LogP contribution in [0.3, 0.4) is 0 Å². The number of aromatic nitrogens is 2. The van der Waals surface area contributed by atoms with Gasteiger partial charge in [-0.2, -0.15) is 4.98 Å². The second-order valence-corrected chi connectivity index (χ2v) is 7.34.